The van der Waals surface area contributed by atoms with Gasteiger partial charge in [0.25, 0.3) is 0 Å². The second-order valence-corrected chi connectivity index (χ2v) is 4.36. The average molecular weight is 215 g/mol. The molecule has 1 aliphatic heterocycles. The van der Waals surface area contributed by atoms with Gasteiger partial charge in [-0.2, -0.15) is 0 Å². The van der Waals surface area contributed by atoms with Crippen LogP contribution in [0.3, 0.4) is 0 Å². The number of rotatable bonds is 5. The number of carboxylic acids is 1. The molecule has 0 spiro atoms. The third kappa shape index (κ3) is 3.47. The van der Waals surface area contributed by atoms with E-state index < -0.39 is 11.6 Å². The van der Waals surface area contributed by atoms with Gasteiger partial charge in [0.1, 0.15) is 0 Å². The lowest BCUT2D eigenvalue weighted by Gasteiger charge is -2.38. The van der Waals surface area contributed by atoms with Crippen molar-refractivity contribution >= 4 is 5.97 Å². The zero-order valence-electron chi connectivity index (χ0n) is 9.58. The van der Waals surface area contributed by atoms with Gasteiger partial charge in [-0.05, 0) is 33.2 Å². The fraction of sp³-hybridized carbons (Fsp3) is 0.909. The number of hydrogen-bond donors (Lipinski definition) is 2. The van der Waals surface area contributed by atoms with Crippen molar-refractivity contribution in [2.45, 2.75) is 38.7 Å². The van der Waals surface area contributed by atoms with Crippen molar-refractivity contribution in [3.05, 3.63) is 0 Å². The fourth-order valence-electron chi connectivity index (χ4n) is 2.32. The molecule has 0 saturated carbocycles. The molecule has 2 N–H and O–H groups in total. The summed E-state index contributed by atoms with van der Waals surface area (Å²) in [6, 6.07) is 0. The van der Waals surface area contributed by atoms with Crippen molar-refractivity contribution in [3.8, 4) is 0 Å². The van der Waals surface area contributed by atoms with E-state index in [0.29, 0.717) is 12.5 Å². The maximum absolute atomic E-state index is 10.8. The van der Waals surface area contributed by atoms with Crippen LogP contribution in [0.4, 0.5) is 0 Å². The zero-order chi connectivity index (χ0) is 11.3. The first kappa shape index (κ1) is 12.5. The van der Waals surface area contributed by atoms with E-state index >= 15 is 0 Å². The van der Waals surface area contributed by atoms with Gasteiger partial charge < -0.3 is 15.2 Å². The van der Waals surface area contributed by atoms with Crippen LogP contribution in [-0.2, 0) is 9.53 Å². The van der Waals surface area contributed by atoms with Gasteiger partial charge >= 0.3 is 5.97 Å². The summed E-state index contributed by atoms with van der Waals surface area (Å²) in [5, 5.41) is 12.2. The van der Waals surface area contributed by atoms with Crippen LogP contribution in [0.5, 0.6) is 0 Å². The van der Waals surface area contributed by atoms with Gasteiger partial charge in [-0.25, -0.2) is 0 Å². The Bertz CT molecular complexity index is 214. The Morgan fingerprint density at radius 3 is 2.87 bits per heavy atom. The van der Waals surface area contributed by atoms with Crippen LogP contribution in [0.2, 0.25) is 0 Å². The molecule has 1 rings (SSSR count). The number of nitrogens with one attached hydrogen (secondary N) is 1. The predicted octanol–water partition coefficient (Wildman–Crippen LogP) is 1.26. The topological polar surface area (TPSA) is 58.6 Å². The summed E-state index contributed by atoms with van der Waals surface area (Å²) in [6.45, 7) is 6.30. The summed E-state index contributed by atoms with van der Waals surface area (Å²) in [7, 11) is 0. The minimum Gasteiger partial charge on any atom is -0.481 e. The van der Waals surface area contributed by atoms with Crippen LogP contribution in [0, 0.1) is 5.92 Å². The molecule has 0 bridgehead atoms. The second-order valence-electron chi connectivity index (χ2n) is 4.36. The molecule has 0 radical (unpaired) electrons. The standard InChI is InChI=1S/C11H21NO3/c1-3-15-11(2,7-10(13)14)9-5-4-6-12-8-9/h9,12H,3-8H2,1-2H3,(H,13,14). The van der Waals surface area contributed by atoms with Crippen LogP contribution >= 0.6 is 0 Å². The summed E-state index contributed by atoms with van der Waals surface area (Å²) in [6.07, 6.45) is 2.25. The van der Waals surface area contributed by atoms with Crippen LogP contribution in [-0.4, -0.2) is 36.4 Å². The van der Waals surface area contributed by atoms with Gasteiger partial charge in [-0.3, -0.25) is 4.79 Å². The lowest BCUT2D eigenvalue weighted by atomic mass is 9.81. The van der Waals surface area contributed by atoms with Gasteiger partial charge in [0, 0.05) is 19.1 Å². The van der Waals surface area contributed by atoms with Crippen LogP contribution in [0.25, 0.3) is 0 Å². The molecule has 2 atom stereocenters. The first-order valence-corrected chi connectivity index (χ1v) is 5.65. The highest BCUT2D eigenvalue weighted by Gasteiger charge is 2.37. The Morgan fingerprint density at radius 2 is 2.40 bits per heavy atom. The molecule has 0 aromatic rings. The van der Waals surface area contributed by atoms with Crippen LogP contribution in [0.15, 0.2) is 0 Å². The minimum absolute atomic E-state index is 0.0905. The summed E-state index contributed by atoms with van der Waals surface area (Å²) < 4.78 is 5.66. The van der Waals surface area contributed by atoms with E-state index in [4.69, 9.17) is 9.84 Å². The lowest BCUT2D eigenvalue weighted by molar-refractivity contribution is -0.149. The Kier molecular flexibility index (Phi) is 4.54. The molecule has 88 valence electrons. The number of hydrogen-bond acceptors (Lipinski definition) is 3. The maximum Gasteiger partial charge on any atom is 0.306 e. The van der Waals surface area contributed by atoms with E-state index in [1.165, 1.54) is 0 Å². The Labute approximate surface area is 91.0 Å². The highest BCUT2D eigenvalue weighted by atomic mass is 16.5. The van der Waals surface area contributed by atoms with E-state index in [9.17, 15) is 4.79 Å². The predicted molar refractivity (Wildman–Crippen MR) is 57.9 cm³/mol. The number of carboxylic acid groups (broad SMARTS) is 1. The van der Waals surface area contributed by atoms with Gasteiger partial charge in [0.15, 0.2) is 0 Å². The van der Waals surface area contributed by atoms with Gasteiger partial charge in [-0.15, -0.1) is 0 Å². The second kappa shape index (κ2) is 5.47. The highest BCUT2D eigenvalue weighted by Crippen LogP contribution is 2.30. The first-order chi connectivity index (χ1) is 7.08. The van der Waals surface area contributed by atoms with Gasteiger partial charge in [-0.1, -0.05) is 0 Å². The van der Waals surface area contributed by atoms with Gasteiger partial charge in [0.05, 0.1) is 12.0 Å². The molecule has 15 heavy (non-hydrogen) atoms. The van der Waals surface area contributed by atoms with Crippen molar-refractivity contribution in [3.63, 3.8) is 0 Å². The summed E-state index contributed by atoms with van der Waals surface area (Å²) in [5.74, 6) is -0.473. The van der Waals surface area contributed by atoms with E-state index in [0.717, 1.165) is 25.9 Å². The van der Waals surface area contributed by atoms with E-state index in [1.54, 1.807) is 0 Å². The van der Waals surface area contributed by atoms with Crippen LogP contribution < -0.4 is 5.32 Å². The Balaban J connectivity index is 2.64. The van der Waals surface area contributed by atoms with Crippen molar-refractivity contribution in [2.75, 3.05) is 19.7 Å². The van der Waals surface area contributed by atoms with Gasteiger partial charge in [0.2, 0.25) is 0 Å². The molecule has 4 heteroatoms. The molecule has 4 nitrogen and oxygen atoms in total. The molecule has 0 aromatic heterocycles. The molecule has 2 unspecified atom stereocenters. The number of carbonyl (C=O) groups is 1. The molecule has 1 aliphatic rings. The van der Waals surface area contributed by atoms with Crippen molar-refractivity contribution in [2.24, 2.45) is 5.92 Å². The number of ether oxygens (including phenoxy) is 1. The molecule has 1 saturated heterocycles. The average Bonchev–Trinajstić information content (AvgIpc) is 2.18. The normalized spacial score (nSPS) is 25.9. The summed E-state index contributed by atoms with van der Waals surface area (Å²) >= 11 is 0. The Morgan fingerprint density at radius 1 is 1.67 bits per heavy atom. The first-order valence-electron chi connectivity index (χ1n) is 5.65. The molecular weight excluding hydrogens is 194 g/mol. The molecule has 0 aromatic carbocycles. The molecule has 1 fully saturated rings. The number of aliphatic carboxylic acids is 1. The van der Waals surface area contributed by atoms with Crippen molar-refractivity contribution in [1.29, 1.82) is 0 Å². The third-order valence-electron chi connectivity index (χ3n) is 3.14. The summed E-state index contributed by atoms with van der Waals surface area (Å²) in [4.78, 5) is 10.8. The zero-order valence-corrected chi connectivity index (χ0v) is 9.58. The maximum atomic E-state index is 10.8. The van der Waals surface area contributed by atoms with E-state index in [1.807, 2.05) is 13.8 Å². The third-order valence-corrected chi connectivity index (χ3v) is 3.14. The van der Waals surface area contributed by atoms with Crippen molar-refractivity contribution < 1.29 is 14.6 Å². The molecule has 0 aliphatic carbocycles. The quantitative estimate of drug-likeness (QED) is 0.724. The smallest absolute Gasteiger partial charge is 0.306 e. The fourth-order valence-corrected chi connectivity index (χ4v) is 2.32. The SMILES string of the molecule is CCOC(C)(CC(=O)O)C1CCCNC1. The lowest BCUT2D eigenvalue weighted by Crippen LogP contribution is -2.47. The van der Waals surface area contributed by atoms with E-state index in [2.05, 4.69) is 5.32 Å². The molecule has 1 heterocycles. The van der Waals surface area contributed by atoms with Crippen LogP contribution in [0.1, 0.15) is 33.1 Å². The van der Waals surface area contributed by atoms with E-state index in [-0.39, 0.29) is 6.42 Å². The monoisotopic (exact) mass is 215 g/mol. The summed E-state index contributed by atoms with van der Waals surface area (Å²) in [5.41, 5.74) is -0.520. The highest BCUT2D eigenvalue weighted by molar-refractivity contribution is 5.68. The Hall–Kier alpha value is -0.610. The molecular formula is C11H21NO3. The molecule has 0 amide bonds. The largest absolute Gasteiger partial charge is 0.481 e. The minimum atomic E-state index is -0.781. The number of piperidine rings is 1. The van der Waals surface area contributed by atoms with Crippen molar-refractivity contribution in [1.82, 2.24) is 5.32 Å².